The van der Waals surface area contributed by atoms with Gasteiger partial charge in [-0.3, -0.25) is 9.59 Å². The fourth-order valence-corrected chi connectivity index (χ4v) is 3.24. The molecule has 5 nitrogen and oxygen atoms in total. The number of carbonyl (C=O) groups is 2. The van der Waals surface area contributed by atoms with Crippen molar-refractivity contribution in [1.29, 1.82) is 0 Å². The van der Waals surface area contributed by atoms with E-state index in [-0.39, 0.29) is 24.0 Å². The van der Waals surface area contributed by atoms with Gasteiger partial charge in [-0.2, -0.15) is 0 Å². The number of piperazine rings is 1. The van der Waals surface area contributed by atoms with Gasteiger partial charge in [0.15, 0.2) is 0 Å². The number of nitrogens with zero attached hydrogens (tertiary/aromatic N) is 1. The highest BCUT2D eigenvalue weighted by molar-refractivity contribution is 6.00. The van der Waals surface area contributed by atoms with Crippen molar-refractivity contribution in [3.05, 3.63) is 0 Å². The van der Waals surface area contributed by atoms with Gasteiger partial charge in [0.1, 0.15) is 11.6 Å². The maximum atomic E-state index is 12.8. The molecule has 2 fully saturated rings. The first-order valence-corrected chi connectivity index (χ1v) is 8.20. The number of hydrogen-bond donors (Lipinski definition) is 1. The number of nitrogens with one attached hydrogen (secondary N) is 1. The Balaban J connectivity index is 2.17. The van der Waals surface area contributed by atoms with E-state index in [9.17, 15) is 9.59 Å². The lowest BCUT2D eigenvalue weighted by molar-refractivity contribution is -0.160. The molecule has 1 saturated heterocycles. The van der Waals surface area contributed by atoms with Crippen LogP contribution in [-0.2, 0) is 14.3 Å². The summed E-state index contributed by atoms with van der Waals surface area (Å²) in [5.41, 5.74) is -0.706. The van der Waals surface area contributed by atoms with E-state index in [1.54, 1.807) is 4.90 Å². The van der Waals surface area contributed by atoms with Crippen LogP contribution in [0.15, 0.2) is 0 Å². The maximum Gasteiger partial charge on any atom is 0.246 e. The average molecular weight is 296 g/mol. The van der Waals surface area contributed by atoms with E-state index in [1.807, 2.05) is 27.7 Å². The van der Waals surface area contributed by atoms with Crippen LogP contribution in [0.5, 0.6) is 0 Å². The van der Waals surface area contributed by atoms with Crippen molar-refractivity contribution in [1.82, 2.24) is 10.2 Å². The zero-order valence-corrected chi connectivity index (χ0v) is 13.6. The van der Waals surface area contributed by atoms with Crippen LogP contribution in [0, 0.1) is 5.92 Å². The molecule has 5 heteroatoms. The predicted octanol–water partition coefficient (Wildman–Crippen LogP) is 1.71. The lowest BCUT2D eigenvalue weighted by Gasteiger charge is -2.47. The van der Waals surface area contributed by atoms with E-state index in [0.29, 0.717) is 31.9 Å². The van der Waals surface area contributed by atoms with Crippen LogP contribution < -0.4 is 5.32 Å². The smallest absolute Gasteiger partial charge is 0.246 e. The molecule has 0 aromatic heterocycles. The molecule has 0 spiro atoms. The molecule has 1 atom stereocenters. The van der Waals surface area contributed by atoms with Crippen LogP contribution in [0.1, 0.15) is 53.4 Å². The summed E-state index contributed by atoms with van der Waals surface area (Å²) in [6.07, 6.45) is 3.49. The molecule has 1 aliphatic carbocycles. The van der Waals surface area contributed by atoms with Crippen LogP contribution in [0.3, 0.4) is 0 Å². The zero-order valence-electron chi connectivity index (χ0n) is 13.6. The largest absolute Gasteiger partial charge is 0.377 e. The second-order valence-corrected chi connectivity index (χ2v) is 6.44. The molecule has 2 aliphatic rings. The summed E-state index contributed by atoms with van der Waals surface area (Å²) in [5.74, 6) is 0.420. The molecule has 1 unspecified atom stereocenters. The van der Waals surface area contributed by atoms with E-state index in [0.717, 1.165) is 12.8 Å². The van der Waals surface area contributed by atoms with Crippen LogP contribution in [0.25, 0.3) is 0 Å². The van der Waals surface area contributed by atoms with Gasteiger partial charge in [-0.1, -0.05) is 13.8 Å². The second-order valence-electron chi connectivity index (χ2n) is 6.44. The highest BCUT2D eigenvalue weighted by Gasteiger charge is 2.53. The Morgan fingerprint density at radius 1 is 1.29 bits per heavy atom. The zero-order chi connectivity index (χ0) is 15.6. The fourth-order valence-electron chi connectivity index (χ4n) is 3.24. The van der Waals surface area contributed by atoms with E-state index >= 15 is 0 Å². The fraction of sp³-hybridized carbons (Fsp3) is 0.875. The molecule has 0 bridgehead atoms. The Labute approximate surface area is 127 Å². The molecule has 21 heavy (non-hydrogen) atoms. The van der Waals surface area contributed by atoms with Crippen molar-refractivity contribution < 1.29 is 14.3 Å². The van der Waals surface area contributed by atoms with Crippen molar-refractivity contribution >= 4 is 11.8 Å². The van der Waals surface area contributed by atoms with Crippen LogP contribution in [0.2, 0.25) is 0 Å². The summed E-state index contributed by atoms with van der Waals surface area (Å²) >= 11 is 0. The first-order chi connectivity index (χ1) is 9.96. The maximum absolute atomic E-state index is 12.8. The molecular weight excluding hydrogens is 268 g/mol. The summed E-state index contributed by atoms with van der Waals surface area (Å²) in [4.78, 5) is 27.2. The van der Waals surface area contributed by atoms with Crippen LogP contribution in [0.4, 0.5) is 0 Å². The molecule has 1 saturated carbocycles. The minimum Gasteiger partial charge on any atom is -0.377 e. The van der Waals surface area contributed by atoms with E-state index in [2.05, 4.69) is 5.32 Å². The van der Waals surface area contributed by atoms with Crippen molar-refractivity contribution in [3.63, 3.8) is 0 Å². The molecular formula is C16H28N2O3. The number of ether oxygens (including phenoxy) is 1. The molecule has 0 aromatic rings. The highest BCUT2D eigenvalue weighted by atomic mass is 16.5. The average Bonchev–Trinajstić information content (AvgIpc) is 3.27. The second kappa shape index (κ2) is 6.34. The summed E-state index contributed by atoms with van der Waals surface area (Å²) in [7, 11) is 0. The summed E-state index contributed by atoms with van der Waals surface area (Å²) in [6, 6.07) is -0.317. The Morgan fingerprint density at radius 3 is 2.38 bits per heavy atom. The third-order valence-corrected chi connectivity index (χ3v) is 4.79. The van der Waals surface area contributed by atoms with Crippen molar-refractivity contribution in [2.45, 2.75) is 71.1 Å². The van der Waals surface area contributed by atoms with Gasteiger partial charge in [0.05, 0.1) is 12.7 Å². The van der Waals surface area contributed by atoms with Crippen molar-refractivity contribution in [2.24, 2.45) is 5.92 Å². The van der Waals surface area contributed by atoms with Crippen molar-refractivity contribution in [3.8, 4) is 0 Å². The normalized spacial score (nSPS) is 25.4. The SMILES string of the molecule is CCC1(CC)C(=O)NC(C2CC2)C(=O)N1CCOC(C)C. The van der Waals surface area contributed by atoms with E-state index in [1.165, 1.54) is 0 Å². The van der Waals surface area contributed by atoms with Gasteiger partial charge in [0.2, 0.25) is 11.8 Å². The quantitative estimate of drug-likeness (QED) is 0.778. The predicted molar refractivity (Wildman–Crippen MR) is 80.8 cm³/mol. The minimum absolute atomic E-state index is 0.00791. The Morgan fingerprint density at radius 2 is 1.90 bits per heavy atom. The lowest BCUT2D eigenvalue weighted by atomic mass is 9.85. The van der Waals surface area contributed by atoms with E-state index < -0.39 is 5.54 Å². The monoisotopic (exact) mass is 296 g/mol. The molecule has 120 valence electrons. The number of carbonyl (C=O) groups excluding carboxylic acids is 2. The van der Waals surface area contributed by atoms with Crippen LogP contribution >= 0.6 is 0 Å². The van der Waals surface area contributed by atoms with Gasteiger partial charge in [0.25, 0.3) is 0 Å². The molecule has 1 N–H and O–H groups in total. The van der Waals surface area contributed by atoms with E-state index in [4.69, 9.17) is 4.74 Å². The third-order valence-electron chi connectivity index (χ3n) is 4.79. The van der Waals surface area contributed by atoms with Gasteiger partial charge in [-0.05, 0) is 45.4 Å². The summed E-state index contributed by atoms with van der Waals surface area (Å²) in [5, 5.41) is 2.98. The molecule has 2 amide bonds. The first kappa shape index (κ1) is 16.3. The van der Waals surface area contributed by atoms with Gasteiger partial charge >= 0.3 is 0 Å². The van der Waals surface area contributed by atoms with Crippen LogP contribution in [-0.4, -0.2) is 47.6 Å². The Hall–Kier alpha value is -1.10. The van der Waals surface area contributed by atoms with Gasteiger partial charge in [0, 0.05) is 6.54 Å². The molecule has 1 aliphatic heterocycles. The topological polar surface area (TPSA) is 58.6 Å². The highest BCUT2D eigenvalue weighted by Crippen LogP contribution is 2.38. The molecule has 0 radical (unpaired) electrons. The van der Waals surface area contributed by atoms with Gasteiger partial charge < -0.3 is 15.0 Å². The number of hydrogen-bond acceptors (Lipinski definition) is 3. The minimum atomic E-state index is -0.706. The number of rotatable bonds is 7. The Bertz CT molecular complexity index is 400. The summed E-state index contributed by atoms with van der Waals surface area (Å²) in [6.45, 7) is 8.88. The van der Waals surface area contributed by atoms with Gasteiger partial charge in [-0.25, -0.2) is 0 Å². The first-order valence-electron chi connectivity index (χ1n) is 8.20. The summed E-state index contributed by atoms with van der Waals surface area (Å²) < 4.78 is 5.60. The number of amides is 2. The molecule has 2 rings (SSSR count). The van der Waals surface area contributed by atoms with Gasteiger partial charge in [-0.15, -0.1) is 0 Å². The van der Waals surface area contributed by atoms with Crippen molar-refractivity contribution in [2.75, 3.05) is 13.2 Å². The molecule has 0 aromatic carbocycles. The lowest BCUT2D eigenvalue weighted by Crippen LogP contribution is -2.71. The Kier molecular flexibility index (Phi) is 4.91. The standard InChI is InChI=1S/C16H28N2O3/c1-5-16(6-2)15(20)17-13(12-7-8-12)14(19)18(16)9-10-21-11(3)4/h11-13H,5-10H2,1-4H3,(H,17,20). The molecule has 1 heterocycles. The third kappa shape index (κ3) is 3.07.